The van der Waals surface area contributed by atoms with Gasteiger partial charge in [0.05, 0.1) is 0 Å². The molecule has 1 heterocycles. The molecule has 0 spiro atoms. The van der Waals surface area contributed by atoms with Crippen molar-refractivity contribution in [3.05, 3.63) is 35.9 Å². The Hall–Kier alpha value is -2.37. The highest BCUT2D eigenvalue weighted by Crippen LogP contribution is 2.26. The van der Waals surface area contributed by atoms with E-state index in [0.29, 0.717) is 0 Å². The summed E-state index contributed by atoms with van der Waals surface area (Å²) in [5, 5.41) is 0. The summed E-state index contributed by atoms with van der Waals surface area (Å²) >= 11 is 0. The molecule has 1 atom stereocenters. The molecule has 1 aliphatic heterocycles. The van der Waals surface area contributed by atoms with Crippen LogP contribution in [0.3, 0.4) is 0 Å². The molecule has 0 saturated carbocycles. The summed E-state index contributed by atoms with van der Waals surface area (Å²) in [6.45, 7) is 1.57. The van der Waals surface area contributed by atoms with Gasteiger partial charge in [-0.15, -0.1) is 0 Å². The van der Waals surface area contributed by atoms with Gasteiger partial charge in [0, 0.05) is 12.8 Å². The van der Waals surface area contributed by atoms with Crippen LogP contribution < -0.4 is 0 Å². The molecule has 1 unspecified atom stereocenters. The number of esters is 2. The minimum Gasteiger partial charge on any atom is -0.461 e. The van der Waals surface area contributed by atoms with Crippen LogP contribution in [0, 0.1) is 0 Å². The Labute approximate surface area is 115 Å². The second kappa shape index (κ2) is 5.73. The lowest BCUT2D eigenvalue weighted by Gasteiger charge is -2.16. The molecule has 6 heteroatoms. The minimum atomic E-state index is -1.40. The van der Waals surface area contributed by atoms with E-state index >= 15 is 0 Å². The summed E-state index contributed by atoms with van der Waals surface area (Å²) < 4.78 is 14.1. The summed E-state index contributed by atoms with van der Waals surface area (Å²) in [7, 11) is 0. The van der Waals surface area contributed by atoms with Gasteiger partial charge < -0.3 is 14.2 Å². The van der Waals surface area contributed by atoms with E-state index in [1.165, 1.54) is 6.92 Å². The zero-order valence-electron chi connectivity index (χ0n) is 11.0. The number of rotatable bonds is 5. The maximum Gasteiger partial charge on any atom is 0.517 e. The normalized spacial score (nSPS) is 21.2. The first-order valence-electron chi connectivity index (χ1n) is 6.14. The molecule has 1 aromatic carbocycles. The number of hydrogen-bond donors (Lipinski definition) is 0. The summed E-state index contributed by atoms with van der Waals surface area (Å²) in [6, 6.07) is 9.23. The molecule has 2 rings (SSSR count). The van der Waals surface area contributed by atoms with Gasteiger partial charge in [0.15, 0.2) is 0 Å². The highest BCUT2D eigenvalue weighted by Gasteiger charge is 2.47. The van der Waals surface area contributed by atoms with E-state index in [4.69, 9.17) is 9.47 Å². The molecular weight excluding hydrogens is 264 g/mol. The van der Waals surface area contributed by atoms with Crippen LogP contribution in [0.4, 0.5) is 4.79 Å². The lowest BCUT2D eigenvalue weighted by molar-refractivity contribution is -0.148. The highest BCUT2D eigenvalue weighted by atomic mass is 16.8. The minimum absolute atomic E-state index is 0.0329. The van der Waals surface area contributed by atoms with Crippen molar-refractivity contribution in [3.63, 3.8) is 0 Å². The van der Waals surface area contributed by atoms with Gasteiger partial charge >= 0.3 is 18.1 Å². The lowest BCUT2D eigenvalue weighted by Crippen LogP contribution is -2.33. The Morgan fingerprint density at radius 1 is 1.25 bits per heavy atom. The van der Waals surface area contributed by atoms with Crippen molar-refractivity contribution in [3.8, 4) is 0 Å². The first-order chi connectivity index (χ1) is 9.49. The van der Waals surface area contributed by atoms with Gasteiger partial charge in [0.1, 0.15) is 6.61 Å². The van der Waals surface area contributed by atoms with Crippen molar-refractivity contribution in [2.24, 2.45) is 0 Å². The Morgan fingerprint density at radius 3 is 2.55 bits per heavy atom. The van der Waals surface area contributed by atoms with E-state index in [1.54, 1.807) is 0 Å². The average Bonchev–Trinajstić information content (AvgIpc) is 2.69. The first-order valence-corrected chi connectivity index (χ1v) is 6.14. The van der Waals surface area contributed by atoms with Gasteiger partial charge in [-0.2, -0.15) is 0 Å². The Morgan fingerprint density at radius 2 is 1.95 bits per heavy atom. The first kappa shape index (κ1) is 14.0. The largest absolute Gasteiger partial charge is 0.517 e. The van der Waals surface area contributed by atoms with Crippen LogP contribution in [0.25, 0.3) is 0 Å². The number of carbonyl (C=O) groups is 3. The summed E-state index contributed by atoms with van der Waals surface area (Å²) in [5.74, 6) is -1.25. The molecular formula is C14H14O6. The monoisotopic (exact) mass is 278 g/mol. The van der Waals surface area contributed by atoms with Crippen molar-refractivity contribution >= 4 is 18.1 Å². The average molecular weight is 278 g/mol. The molecule has 0 bridgehead atoms. The zero-order chi connectivity index (χ0) is 14.6. The Kier molecular flexibility index (Phi) is 4.02. The standard InChI is InChI=1S/C14H14O6/c1-14(12(16)19-13(17)20-14)8-7-11(15)18-9-10-5-3-2-4-6-10/h2-6H,7-9H2,1H3. The molecule has 6 nitrogen and oxygen atoms in total. The van der Waals surface area contributed by atoms with Gasteiger partial charge in [-0.3, -0.25) is 4.79 Å². The third kappa shape index (κ3) is 3.34. The van der Waals surface area contributed by atoms with Gasteiger partial charge in [-0.1, -0.05) is 30.3 Å². The van der Waals surface area contributed by atoms with Gasteiger partial charge in [-0.25, -0.2) is 9.59 Å². The fourth-order valence-electron chi connectivity index (χ4n) is 1.73. The van der Waals surface area contributed by atoms with E-state index in [1.807, 2.05) is 30.3 Å². The number of cyclic esters (lactones) is 3. The SMILES string of the molecule is CC1(CCC(=O)OCc2ccccc2)OC(=O)OC1=O. The van der Waals surface area contributed by atoms with Crippen molar-refractivity contribution < 1.29 is 28.6 Å². The Bertz CT molecular complexity index is 524. The summed E-state index contributed by atoms with van der Waals surface area (Å²) in [4.78, 5) is 33.8. The maximum atomic E-state index is 11.6. The molecule has 106 valence electrons. The van der Waals surface area contributed by atoms with Crippen LogP contribution in [0.1, 0.15) is 25.3 Å². The molecule has 1 fully saturated rings. The topological polar surface area (TPSA) is 78.9 Å². The number of carbonyl (C=O) groups excluding carboxylic acids is 3. The molecule has 0 radical (unpaired) electrons. The fourth-order valence-corrected chi connectivity index (χ4v) is 1.73. The second-order valence-corrected chi connectivity index (χ2v) is 4.62. The third-order valence-corrected chi connectivity index (χ3v) is 2.97. The number of ether oxygens (including phenoxy) is 3. The van der Waals surface area contributed by atoms with Gasteiger partial charge in [-0.05, 0) is 12.5 Å². The molecule has 0 N–H and O–H groups in total. The van der Waals surface area contributed by atoms with Crippen LogP contribution in [0.2, 0.25) is 0 Å². The second-order valence-electron chi connectivity index (χ2n) is 4.62. The molecule has 0 aromatic heterocycles. The van der Waals surface area contributed by atoms with E-state index in [2.05, 4.69) is 4.74 Å². The maximum absolute atomic E-state index is 11.6. The lowest BCUT2D eigenvalue weighted by atomic mass is 10.0. The van der Waals surface area contributed by atoms with Crippen LogP contribution in [0.5, 0.6) is 0 Å². The molecule has 0 aliphatic carbocycles. The molecule has 1 aromatic rings. The van der Waals surface area contributed by atoms with Crippen LogP contribution in [0.15, 0.2) is 30.3 Å². The summed E-state index contributed by atoms with van der Waals surface area (Å²) in [5.41, 5.74) is -0.526. The smallest absolute Gasteiger partial charge is 0.461 e. The highest BCUT2D eigenvalue weighted by molar-refractivity contribution is 5.94. The zero-order valence-corrected chi connectivity index (χ0v) is 11.0. The van der Waals surface area contributed by atoms with Crippen molar-refractivity contribution in [2.45, 2.75) is 32.0 Å². The Balaban J connectivity index is 1.78. The van der Waals surface area contributed by atoms with Crippen molar-refractivity contribution in [1.82, 2.24) is 0 Å². The fraction of sp³-hybridized carbons (Fsp3) is 0.357. The molecule has 0 amide bonds. The van der Waals surface area contributed by atoms with Gasteiger partial charge in [0.25, 0.3) is 0 Å². The number of hydrogen-bond acceptors (Lipinski definition) is 6. The van der Waals surface area contributed by atoms with E-state index in [-0.39, 0.29) is 19.4 Å². The van der Waals surface area contributed by atoms with Crippen LogP contribution in [-0.4, -0.2) is 23.7 Å². The predicted octanol–water partition coefficient (Wildman–Crippen LogP) is 1.96. The van der Waals surface area contributed by atoms with Crippen LogP contribution in [-0.2, 0) is 30.4 Å². The van der Waals surface area contributed by atoms with Crippen molar-refractivity contribution in [1.29, 1.82) is 0 Å². The number of benzene rings is 1. The van der Waals surface area contributed by atoms with Crippen LogP contribution >= 0.6 is 0 Å². The quantitative estimate of drug-likeness (QED) is 0.605. The predicted molar refractivity (Wildman–Crippen MR) is 66.5 cm³/mol. The third-order valence-electron chi connectivity index (χ3n) is 2.97. The van der Waals surface area contributed by atoms with Gasteiger partial charge in [0.2, 0.25) is 5.60 Å². The van der Waals surface area contributed by atoms with E-state index in [0.717, 1.165) is 5.56 Å². The molecule has 1 saturated heterocycles. The van der Waals surface area contributed by atoms with E-state index < -0.39 is 23.7 Å². The van der Waals surface area contributed by atoms with Crippen molar-refractivity contribution in [2.75, 3.05) is 0 Å². The molecule has 20 heavy (non-hydrogen) atoms. The molecule has 1 aliphatic rings. The summed E-state index contributed by atoms with van der Waals surface area (Å²) in [6.07, 6.45) is -1.04. The van der Waals surface area contributed by atoms with E-state index in [9.17, 15) is 14.4 Å².